The Bertz CT molecular complexity index is 1020. The minimum atomic E-state index is -0.939. The highest BCUT2D eigenvalue weighted by atomic mass is 19.1. The second-order valence-electron chi connectivity index (χ2n) is 5.90. The predicted molar refractivity (Wildman–Crippen MR) is 98.2 cm³/mol. The van der Waals surface area contributed by atoms with Gasteiger partial charge in [0.15, 0.2) is 0 Å². The minimum absolute atomic E-state index is 0.160. The van der Waals surface area contributed by atoms with Crippen molar-refractivity contribution in [2.24, 2.45) is 0 Å². The third-order valence-corrected chi connectivity index (χ3v) is 4.07. The summed E-state index contributed by atoms with van der Waals surface area (Å²) in [4.78, 5) is 24.9. The fourth-order valence-electron chi connectivity index (χ4n) is 2.69. The first kappa shape index (κ1) is 18.4. The standard InChI is InChI=1S/C20H17F2N3O2/c1-2-18(20(27)23-17-9-8-14(21)12-15(17)22)25-19(26)11-10-16(24-25)13-6-4-3-5-7-13/h3-12,18H,2H2,1H3,(H,23,27). The third-order valence-electron chi connectivity index (χ3n) is 4.07. The van der Waals surface area contributed by atoms with Crippen molar-refractivity contribution in [1.82, 2.24) is 9.78 Å². The van der Waals surface area contributed by atoms with Crippen LogP contribution >= 0.6 is 0 Å². The Morgan fingerprint density at radius 2 is 1.85 bits per heavy atom. The number of carbonyl (C=O) groups is 1. The van der Waals surface area contributed by atoms with Gasteiger partial charge in [0.1, 0.15) is 17.7 Å². The molecule has 1 amide bonds. The van der Waals surface area contributed by atoms with Gasteiger partial charge in [0, 0.05) is 17.7 Å². The molecule has 0 aliphatic heterocycles. The van der Waals surface area contributed by atoms with Crippen LogP contribution < -0.4 is 10.9 Å². The molecule has 27 heavy (non-hydrogen) atoms. The number of carbonyl (C=O) groups excluding carboxylic acids is 1. The molecule has 138 valence electrons. The van der Waals surface area contributed by atoms with E-state index in [1.54, 1.807) is 13.0 Å². The van der Waals surface area contributed by atoms with Gasteiger partial charge in [0.05, 0.1) is 11.4 Å². The first-order valence-corrected chi connectivity index (χ1v) is 8.41. The molecule has 1 unspecified atom stereocenters. The zero-order valence-corrected chi connectivity index (χ0v) is 14.5. The molecular formula is C20H17F2N3O2. The topological polar surface area (TPSA) is 64.0 Å². The number of amides is 1. The van der Waals surface area contributed by atoms with E-state index in [0.29, 0.717) is 11.8 Å². The highest BCUT2D eigenvalue weighted by molar-refractivity contribution is 5.93. The molecule has 1 heterocycles. The Morgan fingerprint density at radius 3 is 2.52 bits per heavy atom. The van der Waals surface area contributed by atoms with Crippen molar-refractivity contribution in [3.05, 3.63) is 82.7 Å². The lowest BCUT2D eigenvalue weighted by Gasteiger charge is -2.17. The molecule has 1 atom stereocenters. The molecular weight excluding hydrogens is 352 g/mol. The van der Waals surface area contributed by atoms with Crippen molar-refractivity contribution in [3.8, 4) is 11.3 Å². The van der Waals surface area contributed by atoms with Crippen LogP contribution in [0.25, 0.3) is 11.3 Å². The summed E-state index contributed by atoms with van der Waals surface area (Å²) in [5.74, 6) is -2.25. The number of halogens is 2. The van der Waals surface area contributed by atoms with Gasteiger partial charge in [-0.15, -0.1) is 0 Å². The van der Waals surface area contributed by atoms with Crippen molar-refractivity contribution in [2.75, 3.05) is 5.32 Å². The Hall–Kier alpha value is -3.35. The largest absolute Gasteiger partial charge is 0.322 e. The van der Waals surface area contributed by atoms with Gasteiger partial charge < -0.3 is 5.32 Å². The monoisotopic (exact) mass is 369 g/mol. The maximum absolute atomic E-state index is 13.8. The van der Waals surface area contributed by atoms with Crippen LogP contribution in [0.3, 0.4) is 0 Å². The molecule has 3 rings (SSSR count). The smallest absolute Gasteiger partial charge is 0.267 e. The van der Waals surface area contributed by atoms with Gasteiger partial charge >= 0.3 is 0 Å². The maximum Gasteiger partial charge on any atom is 0.267 e. The van der Waals surface area contributed by atoms with E-state index >= 15 is 0 Å². The SMILES string of the molecule is CCC(C(=O)Nc1ccc(F)cc1F)n1nc(-c2ccccc2)ccc1=O. The third kappa shape index (κ3) is 4.08. The van der Waals surface area contributed by atoms with Crippen LogP contribution in [0, 0.1) is 11.6 Å². The second kappa shape index (κ2) is 7.90. The molecule has 1 N–H and O–H groups in total. The quantitative estimate of drug-likeness (QED) is 0.744. The van der Waals surface area contributed by atoms with Gasteiger partial charge in [0.2, 0.25) is 5.91 Å². The van der Waals surface area contributed by atoms with Crippen molar-refractivity contribution < 1.29 is 13.6 Å². The molecule has 0 bridgehead atoms. The summed E-state index contributed by atoms with van der Waals surface area (Å²) >= 11 is 0. The highest BCUT2D eigenvalue weighted by Crippen LogP contribution is 2.19. The van der Waals surface area contributed by atoms with Gasteiger partial charge in [-0.05, 0) is 24.6 Å². The maximum atomic E-state index is 13.8. The van der Waals surface area contributed by atoms with Crippen molar-refractivity contribution in [1.29, 1.82) is 0 Å². The zero-order valence-electron chi connectivity index (χ0n) is 14.5. The van der Waals surface area contributed by atoms with Crippen LogP contribution in [0.2, 0.25) is 0 Å². The molecule has 1 aromatic heterocycles. The zero-order chi connectivity index (χ0) is 19.4. The van der Waals surface area contributed by atoms with E-state index in [2.05, 4.69) is 10.4 Å². The lowest BCUT2D eigenvalue weighted by molar-refractivity contribution is -0.119. The Kier molecular flexibility index (Phi) is 5.40. The highest BCUT2D eigenvalue weighted by Gasteiger charge is 2.22. The summed E-state index contributed by atoms with van der Waals surface area (Å²) in [7, 11) is 0. The van der Waals surface area contributed by atoms with Crippen molar-refractivity contribution in [2.45, 2.75) is 19.4 Å². The van der Waals surface area contributed by atoms with Gasteiger partial charge in [-0.3, -0.25) is 9.59 Å². The molecule has 7 heteroatoms. The first-order valence-electron chi connectivity index (χ1n) is 8.41. The minimum Gasteiger partial charge on any atom is -0.322 e. The van der Waals surface area contributed by atoms with E-state index in [-0.39, 0.29) is 12.1 Å². The summed E-state index contributed by atoms with van der Waals surface area (Å²) in [6, 6.07) is 14.1. The van der Waals surface area contributed by atoms with E-state index in [9.17, 15) is 18.4 Å². The summed E-state index contributed by atoms with van der Waals surface area (Å²) in [5.41, 5.74) is 0.726. The number of hydrogen-bond acceptors (Lipinski definition) is 3. The van der Waals surface area contributed by atoms with Crippen LogP contribution in [-0.4, -0.2) is 15.7 Å². The van der Waals surface area contributed by atoms with Crippen molar-refractivity contribution in [3.63, 3.8) is 0 Å². The summed E-state index contributed by atoms with van der Waals surface area (Å²) in [6.07, 6.45) is 0.264. The van der Waals surface area contributed by atoms with E-state index in [4.69, 9.17) is 0 Å². The summed E-state index contributed by atoms with van der Waals surface area (Å²) < 4.78 is 27.9. The van der Waals surface area contributed by atoms with E-state index in [1.807, 2.05) is 30.3 Å². The van der Waals surface area contributed by atoms with E-state index < -0.39 is 29.1 Å². The second-order valence-corrected chi connectivity index (χ2v) is 5.90. The van der Waals surface area contributed by atoms with Crippen LogP contribution in [0.5, 0.6) is 0 Å². The summed E-state index contributed by atoms with van der Waals surface area (Å²) in [5, 5.41) is 6.70. The number of rotatable bonds is 5. The fourth-order valence-corrected chi connectivity index (χ4v) is 2.69. The molecule has 3 aromatic rings. The molecule has 2 aromatic carbocycles. The average Bonchev–Trinajstić information content (AvgIpc) is 2.67. The van der Waals surface area contributed by atoms with Gasteiger partial charge in [-0.25, -0.2) is 13.5 Å². The average molecular weight is 369 g/mol. The predicted octanol–water partition coefficient (Wildman–Crippen LogP) is 3.78. The van der Waals surface area contributed by atoms with Gasteiger partial charge in [-0.1, -0.05) is 37.3 Å². The first-order chi connectivity index (χ1) is 13.0. The molecule has 0 fully saturated rings. The Morgan fingerprint density at radius 1 is 1.11 bits per heavy atom. The van der Waals surface area contributed by atoms with E-state index in [1.165, 1.54) is 6.07 Å². The molecule has 0 spiro atoms. The van der Waals surface area contributed by atoms with Crippen LogP contribution in [-0.2, 0) is 4.79 Å². The summed E-state index contributed by atoms with van der Waals surface area (Å²) in [6.45, 7) is 1.72. The molecule has 0 radical (unpaired) electrons. The molecule has 0 saturated heterocycles. The van der Waals surface area contributed by atoms with Gasteiger partial charge in [-0.2, -0.15) is 5.10 Å². The number of aromatic nitrogens is 2. The number of nitrogens with zero attached hydrogens (tertiary/aromatic N) is 2. The van der Waals surface area contributed by atoms with Crippen molar-refractivity contribution >= 4 is 11.6 Å². The fraction of sp³-hybridized carbons (Fsp3) is 0.150. The number of hydrogen-bond donors (Lipinski definition) is 1. The van der Waals surface area contributed by atoms with Crippen LogP contribution in [0.1, 0.15) is 19.4 Å². The van der Waals surface area contributed by atoms with Gasteiger partial charge in [0.25, 0.3) is 5.56 Å². The van der Waals surface area contributed by atoms with Crippen LogP contribution in [0.15, 0.2) is 65.5 Å². The van der Waals surface area contributed by atoms with Crippen LogP contribution in [0.4, 0.5) is 14.5 Å². The Labute approximate surface area is 154 Å². The number of nitrogens with one attached hydrogen (secondary N) is 1. The van der Waals surface area contributed by atoms with E-state index in [0.717, 1.165) is 22.4 Å². The molecule has 0 aliphatic carbocycles. The molecule has 0 saturated carbocycles. The number of anilines is 1. The molecule has 0 aliphatic rings. The normalized spacial score (nSPS) is 11.8. The number of benzene rings is 2. The molecule has 5 nitrogen and oxygen atoms in total. The lowest BCUT2D eigenvalue weighted by atomic mass is 10.1. The Balaban J connectivity index is 1.92. The lowest BCUT2D eigenvalue weighted by Crippen LogP contribution is -2.34.